The fourth-order valence-electron chi connectivity index (χ4n) is 2.55. The van der Waals surface area contributed by atoms with Crippen LogP contribution >= 0.6 is 15.9 Å². The lowest BCUT2D eigenvalue weighted by molar-refractivity contribution is -0.191. The zero-order chi connectivity index (χ0) is 16.1. The van der Waals surface area contributed by atoms with Crippen LogP contribution in [0.25, 0.3) is 0 Å². The summed E-state index contributed by atoms with van der Waals surface area (Å²) in [5.74, 6) is -0.0912. The van der Waals surface area contributed by atoms with Gasteiger partial charge in [-0.05, 0) is 23.3 Å². The van der Waals surface area contributed by atoms with Crippen molar-refractivity contribution in [3.63, 3.8) is 0 Å². The highest BCUT2D eigenvalue weighted by Crippen LogP contribution is 2.40. The summed E-state index contributed by atoms with van der Waals surface area (Å²) in [6.45, 7) is 2.09. The van der Waals surface area contributed by atoms with Crippen LogP contribution in [0.2, 0.25) is 0 Å². The molecule has 3 rings (SSSR count). The Bertz CT molecular complexity index is 706. The molecule has 4 nitrogen and oxygen atoms in total. The predicted molar refractivity (Wildman–Crippen MR) is 82.2 cm³/mol. The predicted octanol–water partition coefficient (Wildman–Crippen LogP) is 3.88. The lowest BCUT2D eigenvalue weighted by atomic mass is 9.85. The van der Waals surface area contributed by atoms with E-state index in [9.17, 15) is 4.79 Å². The highest BCUT2D eigenvalue weighted by Gasteiger charge is 2.33. The van der Waals surface area contributed by atoms with Gasteiger partial charge in [0.1, 0.15) is 6.10 Å². The number of carbonyl (C=O) groups is 1. The van der Waals surface area contributed by atoms with E-state index in [0.717, 1.165) is 15.6 Å². The summed E-state index contributed by atoms with van der Waals surface area (Å²) >= 11 is 3.39. The molecule has 0 amide bonds. The molecule has 2 atom stereocenters. The van der Waals surface area contributed by atoms with E-state index in [4.69, 9.17) is 14.3 Å². The molecule has 0 radical (unpaired) electrons. The van der Waals surface area contributed by atoms with E-state index in [1.807, 2.05) is 48.5 Å². The fraction of sp³-hybridized carbons (Fsp3) is 0.176. The molecule has 0 saturated heterocycles. The number of hydrogen-bond donors (Lipinski definition) is 0. The molecule has 1 aliphatic rings. The van der Waals surface area contributed by atoms with Gasteiger partial charge < -0.3 is 4.74 Å². The molecular formula is C17H13BrO4. The average molecular weight is 361 g/mol. The minimum Gasteiger partial charge on any atom is -0.453 e. The van der Waals surface area contributed by atoms with Crippen LogP contribution in [0.4, 0.5) is 0 Å². The van der Waals surface area contributed by atoms with Crippen LogP contribution in [0.3, 0.4) is 0 Å². The summed E-state index contributed by atoms with van der Waals surface area (Å²) in [5, 5.41) is 0. The maximum Gasteiger partial charge on any atom is 0.373 e. The number of halogens is 1. The van der Waals surface area contributed by atoms with Crippen molar-refractivity contribution in [2.75, 3.05) is 0 Å². The Balaban J connectivity index is 0.000000545. The first-order chi connectivity index (χ1) is 10.6. The van der Waals surface area contributed by atoms with Crippen molar-refractivity contribution in [2.45, 2.75) is 18.9 Å². The second kappa shape index (κ2) is 7.16. The third kappa shape index (κ3) is 3.32. The van der Waals surface area contributed by atoms with Crippen molar-refractivity contribution in [1.82, 2.24) is 0 Å². The fourth-order valence-corrected chi connectivity index (χ4v) is 2.91. The summed E-state index contributed by atoms with van der Waals surface area (Å²) in [5.41, 5.74) is 2.75. The van der Waals surface area contributed by atoms with Crippen LogP contribution < -0.4 is 0 Å². The number of benzene rings is 2. The number of carbonyl (C=O) groups excluding carboxylic acids is 3. The molecule has 5 heteroatoms. The quantitative estimate of drug-likeness (QED) is 0.724. The standard InChI is InChI=1S/C16H13BrO2.CO2/c1-10-13-8-7-12(17)9-14(13)16(18)19-15(10)11-5-3-2-4-6-11;2-1-3/h2-10,15H,1H3;/t10-,15-;/m1./s1. The number of rotatable bonds is 1. The molecule has 0 spiro atoms. The molecule has 112 valence electrons. The van der Waals surface area contributed by atoms with Gasteiger partial charge in [0, 0.05) is 10.4 Å². The van der Waals surface area contributed by atoms with E-state index < -0.39 is 0 Å². The van der Waals surface area contributed by atoms with Gasteiger partial charge in [-0.2, -0.15) is 9.59 Å². The van der Waals surface area contributed by atoms with Crippen molar-refractivity contribution >= 4 is 28.1 Å². The minimum absolute atomic E-state index is 0.156. The maximum absolute atomic E-state index is 12.1. The normalized spacial score (nSPS) is 19.1. The minimum atomic E-state index is -0.247. The molecule has 0 aliphatic carbocycles. The lowest BCUT2D eigenvalue weighted by Gasteiger charge is -2.31. The molecule has 0 aromatic heterocycles. The molecule has 0 saturated carbocycles. The van der Waals surface area contributed by atoms with Gasteiger partial charge in [0.15, 0.2) is 0 Å². The van der Waals surface area contributed by atoms with Crippen LogP contribution in [0, 0.1) is 0 Å². The molecule has 0 fully saturated rings. The number of cyclic esters (lactones) is 1. The van der Waals surface area contributed by atoms with Gasteiger partial charge in [0.05, 0.1) is 5.56 Å². The third-order valence-corrected chi connectivity index (χ3v) is 4.04. The molecule has 0 unspecified atom stereocenters. The topological polar surface area (TPSA) is 60.4 Å². The van der Waals surface area contributed by atoms with E-state index in [1.165, 1.54) is 0 Å². The summed E-state index contributed by atoms with van der Waals surface area (Å²) in [6, 6.07) is 15.7. The molecule has 1 heterocycles. The van der Waals surface area contributed by atoms with Gasteiger partial charge in [-0.25, -0.2) is 4.79 Å². The molecule has 0 N–H and O–H groups in total. The van der Waals surface area contributed by atoms with E-state index in [2.05, 4.69) is 22.9 Å². The van der Waals surface area contributed by atoms with Crippen LogP contribution in [-0.2, 0) is 14.3 Å². The molecule has 1 aliphatic heterocycles. The van der Waals surface area contributed by atoms with Crippen molar-refractivity contribution in [1.29, 1.82) is 0 Å². The Morgan fingerprint density at radius 1 is 1.09 bits per heavy atom. The van der Waals surface area contributed by atoms with Crippen LogP contribution in [-0.4, -0.2) is 12.1 Å². The summed E-state index contributed by atoms with van der Waals surface area (Å²) in [7, 11) is 0. The maximum atomic E-state index is 12.1. The summed E-state index contributed by atoms with van der Waals surface area (Å²) in [4.78, 5) is 28.4. The van der Waals surface area contributed by atoms with E-state index >= 15 is 0 Å². The third-order valence-electron chi connectivity index (χ3n) is 3.54. The molecule has 0 bridgehead atoms. The first-order valence-corrected chi connectivity index (χ1v) is 7.42. The molecule has 2 aromatic rings. The van der Waals surface area contributed by atoms with Crippen LogP contribution in [0.5, 0.6) is 0 Å². The van der Waals surface area contributed by atoms with Gasteiger partial charge in [-0.3, -0.25) is 0 Å². The van der Waals surface area contributed by atoms with Crippen molar-refractivity contribution in [3.05, 3.63) is 69.7 Å². The Kier molecular flexibility index (Phi) is 5.26. The van der Waals surface area contributed by atoms with Gasteiger partial charge in [0.25, 0.3) is 0 Å². The summed E-state index contributed by atoms with van der Waals surface area (Å²) in [6.07, 6.45) is 0.0439. The Labute approximate surface area is 136 Å². The average Bonchev–Trinajstić information content (AvgIpc) is 2.52. The second-order valence-electron chi connectivity index (χ2n) is 4.84. The largest absolute Gasteiger partial charge is 0.453 e. The molecular weight excluding hydrogens is 348 g/mol. The Morgan fingerprint density at radius 2 is 1.73 bits per heavy atom. The number of ether oxygens (including phenoxy) is 1. The number of fused-ring (bicyclic) bond motifs is 1. The van der Waals surface area contributed by atoms with Gasteiger partial charge in [-0.1, -0.05) is 59.3 Å². The highest BCUT2D eigenvalue weighted by molar-refractivity contribution is 9.10. The zero-order valence-corrected chi connectivity index (χ0v) is 13.4. The Hall–Kier alpha value is -2.23. The van der Waals surface area contributed by atoms with E-state index in [1.54, 1.807) is 0 Å². The molecule has 22 heavy (non-hydrogen) atoms. The van der Waals surface area contributed by atoms with Crippen molar-refractivity contribution in [3.8, 4) is 0 Å². The lowest BCUT2D eigenvalue weighted by Crippen LogP contribution is -2.24. The van der Waals surface area contributed by atoms with E-state index in [0.29, 0.717) is 5.56 Å². The van der Waals surface area contributed by atoms with Crippen molar-refractivity contribution in [2.24, 2.45) is 0 Å². The SMILES string of the molecule is C[C@@H]1c2ccc(Br)cc2C(=O)O[C@H]1c1ccccc1.O=C=O. The van der Waals surface area contributed by atoms with Gasteiger partial charge in [-0.15, -0.1) is 0 Å². The van der Waals surface area contributed by atoms with Crippen LogP contribution in [0.15, 0.2) is 53.0 Å². The smallest absolute Gasteiger partial charge is 0.373 e. The zero-order valence-electron chi connectivity index (χ0n) is 11.8. The van der Waals surface area contributed by atoms with Crippen LogP contribution in [0.1, 0.15) is 40.4 Å². The van der Waals surface area contributed by atoms with Gasteiger partial charge >= 0.3 is 12.1 Å². The first kappa shape index (κ1) is 16.1. The number of esters is 1. The van der Waals surface area contributed by atoms with Crippen molar-refractivity contribution < 1.29 is 19.1 Å². The number of hydrogen-bond acceptors (Lipinski definition) is 4. The summed E-state index contributed by atoms with van der Waals surface area (Å²) < 4.78 is 6.50. The first-order valence-electron chi connectivity index (χ1n) is 6.63. The second-order valence-corrected chi connectivity index (χ2v) is 5.76. The molecule has 2 aromatic carbocycles. The monoisotopic (exact) mass is 360 g/mol. The highest BCUT2D eigenvalue weighted by atomic mass is 79.9. The Morgan fingerprint density at radius 3 is 2.36 bits per heavy atom. The van der Waals surface area contributed by atoms with Gasteiger partial charge in [0.2, 0.25) is 0 Å². The van der Waals surface area contributed by atoms with E-state index in [-0.39, 0.29) is 24.1 Å².